The summed E-state index contributed by atoms with van der Waals surface area (Å²) in [6.07, 6.45) is 3.02. The zero-order valence-corrected chi connectivity index (χ0v) is 10.3. The van der Waals surface area contributed by atoms with Gasteiger partial charge >= 0.3 is 0 Å². The Labute approximate surface area is 92.4 Å². The summed E-state index contributed by atoms with van der Waals surface area (Å²) in [6.45, 7) is 4.02. The summed E-state index contributed by atoms with van der Waals surface area (Å²) in [5.74, 6) is 0. The molecule has 1 aliphatic heterocycles. The molecule has 0 aromatic heterocycles. The zero-order valence-electron chi connectivity index (χ0n) is 9.49. The van der Waals surface area contributed by atoms with Gasteiger partial charge in [-0.15, -0.1) is 0 Å². The van der Waals surface area contributed by atoms with E-state index in [2.05, 4.69) is 10.0 Å². The van der Waals surface area contributed by atoms with E-state index in [1.54, 1.807) is 7.05 Å². The van der Waals surface area contributed by atoms with E-state index in [0.717, 1.165) is 25.8 Å². The molecule has 90 valence electrons. The van der Waals surface area contributed by atoms with Crippen molar-refractivity contribution in [2.24, 2.45) is 0 Å². The van der Waals surface area contributed by atoms with Crippen LogP contribution < -0.4 is 10.0 Å². The molecule has 6 heteroatoms. The number of nitrogens with zero attached hydrogens (tertiary/aromatic N) is 1. The van der Waals surface area contributed by atoms with E-state index in [9.17, 15) is 8.42 Å². The van der Waals surface area contributed by atoms with Crippen molar-refractivity contribution in [2.45, 2.75) is 32.2 Å². The molecule has 1 rings (SSSR count). The predicted octanol–water partition coefficient (Wildman–Crippen LogP) is -0.0854. The van der Waals surface area contributed by atoms with Crippen LogP contribution >= 0.6 is 0 Å². The minimum atomic E-state index is -3.27. The molecule has 0 saturated carbocycles. The summed E-state index contributed by atoms with van der Waals surface area (Å²) in [7, 11) is -1.66. The van der Waals surface area contributed by atoms with Gasteiger partial charge < -0.3 is 5.32 Å². The molecule has 1 saturated heterocycles. The number of rotatable bonds is 6. The highest BCUT2D eigenvalue weighted by Crippen LogP contribution is 2.04. The highest BCUT2D eigenvalue weighted by Gasteiger charge is 2.20. The lowest BCUT2D eigenvalue weighted by Crippen LogP contribution is -2.43. The minimum Gasteiger partial charge on any atom is -0.313 e. The maximum Gasteiger partial charge on any atom is 0.279 e. The minimum absolute atomic E-state index is 0.301. The fourth-order valence-electron chi connectivity index (χ4n) is 1.68. The first-order valence-corrected chi connectivity index (χ1v) is 6.94. The maximum absolute atomic E-state index is 11.7. The molecule has 1 unspecified atom stereocenters. The topological polar surface area (TPSA) is 61.4 Å². The van der Waals surface area contributed by atoms with Gasteiger partial charge in [-0.3, -0.25) is 0 Å². The van der Waals surface area contributed by atoms with Crippen LogP contribution in [0.3, 0.4) is 0 Å². The van der Waals surface area contributed by atoms with E-state index in [-0.39, 0.29) is 0 Å². The lowest BCUT2D eigenvalue weighted by molar-refractivity contribution is 0.451. The van der Waals surface area contributed by atoms with Gasteiger partial charge in [0.05, 0.1) is 0 Å². The standard InChI is InChI=1S/C9H21N3O2S/c1-3-7-12(2)15(13,14)11-8-9-5-4-6-10-9/h9-11H,3-8H2,1-2H3. The lowest BCUT2D eigenvalue weighted by Gasteiger charge is -2.18. The monoisotopic (exact) mass is 235 g/mol. The molecule has 2 N–H and O–H groups in total. The number of nitrogens with one attached hydrogen (secondary N) is 2. The largest absolute Gasteiger partial charge is 0.313 e. The van der Waals surface area contributed by atoms with E-state index < -0.39 is 10.2 Å². The zero-order chi connectivity index (χ0) is 11.3. The SMILES string of the molecule is CCCN(C)S(=O)(=O)NCC1CCCN1. The second-order valence-electron chi connectivity index (χ2n) is 3.97. The molecule has 0 aromatic rings. The van der Waals surface area contributed by atoms with Crippen LogP contribution in [0.15, 0.2) is 0 Å². The predicted molar refractivity (Wildman–Crippen MR) is 60.9 cm³/mol. The summed E-state index contributed by atoms with van der Waals surface area (Å²) >= 11 is 0. The molecule has 1 heterocycles. The van der Waals surface area contributed by atoms with Gasteiger partial charge in [0.1, 0.15) is 0 Å². The first-order valence-electron chi connectivity index (χ1n) is 5.50. The Kier molecular flexibility index (Phi) is 4.98. The van der Waals surface area contributed by atoms with Gasteiger partial charge in [-0.1, -0.05) is 6.92 Å². The quantitative estimate of drug-likeness (QED) is 0.676. The van der Waals surface area contributed by atoms with E-state index in [1.165, 1.54) is 4.31 Å². The van der Waals surface area contributed by atoms with Crippen LogP contribution in [0.5, 0.6) is 0 Å². The Hall–Kier alpha value is -0.170. The third-order valence-corrected chi connectivity index (χ3v) is 4.16. The summed E-state index contributed by atoms with van der Waals surface area (Å²) in [5, 5.41) is 3.25. The van der Waals surface area contributed by atoms with Crippen molar-refractivity contribution in [2.75, 3.05) is 26.7 Å². The van der Waals surface area contributed by atoms with Gasteiger partial charge in [-0.05, 0) is 25.8 Å². The van der Waals surface area contributed by atoms with Crippen LogP contribution in [0.2, 0.25) is 0 Å². The van der Waals surface area contributed by atoms with Crippen molar-refractivity contribution in [3.8, 4) is 0 Å². The summed E-state index contributed by atoms with van der Waals surface area (Å²) in [6, 6.07) is 0.301. The van der Waals surface area contributed by atoms with Gasteiger partial charge in [-0.25, -0.2) is 4.72 Å². The second kappa shape index (κ2) is 5.79. The third kappa shape index (κ3) is 4.06. The Morgan fingerprint density at radius 1 is 1.53 bits per heavy atom. The van der Waals surface area contributed by atoms with Crippen molar-refractivity contribution < 1.29 is 8.42 Å². The molecule has 1 fully saturated rings. The highest BCUT2D eigenvalue weighted by atomic mass is 32.2. The number of hydrogen-bond donors (Lipinski definition) is 2. The molecule has 5 nitrogen and oxygen atoms in total. The Morgan fingerprint density at radius 2 is 2.27 bits per heavy atom. The van der Waals surface area contributed by atoms with Crippen molar-refractivity contribution >= 4 is 10.2 Å². The molecule has 0 radical (unpaired) electrons. The Bertz CT molecular complexity index is 273. The molecule has 0 amide bonds. The highest BCUT2D eigenvalue weighted by molar-refractivity contribution is 7.87. The van der Waals surface area contributed by atoms with Gasteiger partial charge in [0, 0.05) is 26.2 Å². The molecular formula is C9H21N3O2S. The first-order chi connectivity index (χ1) is 7.06. The first kappa shape index (κ1) is 12.9. The molecular weight excluding hydrogens is 214 g/mol. The van der Waals surface area contributed by atoms with Crippen molar-refractivity contribution in [3.63, 3.8) is 0 Å². The smallest absolute Gasteiger partial charge is 0.279 e. The number of hydrogen-bond acceptors (Lipinski definition) is 3. The Morgan fingerprint density at radius 3 is 2.80 bits per heavy atom. The summed E-state index contributed by atoms with van der Waals surface area (Å²) in [4.78, 5) is 0. The van der Waals surface area contributed by atoms with Crippen LogP contribution in [0, 0.1) is 0 Å². The fourth-order valence-corrected chi connectivity index (χ4v) is 2.74. The van der Waals surface area contributed by atoms with Gasteiger partial charge in [0.25, 0.3) is 10.2 Å². The van der Waals surface area contributed by atoms with Crippen LogP contribution in [0.1, 0.15) is 26.2 Å². The van der Waals surface area contributed by atoms with Crippen molar-refractivity contribution in [1.29, 1.82) is 0 Å². The van der Waals surface area contributed by atoms with Gasteiger partial charge in [0.2, 0.25) is 0 Å². The molecule has 1 aliphatic rings. The molecule has 15 heavy (non-hydrogen) atoms. The lowest BCUT2D eigenvalue weighted by atomic mass is 10.2. The van der Waals surface area contributed by atoms with E-state index >= 15 is 0 Å². The van der Waals surface area contributed by atoms with Gasteiger partial charge in [0.15, 0.2) is 0 Å². The third-order valence-electron chi connectivity index (χ3n) is 2.62. The van der Waals surface area contributed by atoms with E-state index in [4.69, 9.17) is 0 Å². The van der Waals surface area contributed by atoms with E-state index in [1.807, 2.05) is 6.92 Å². The van der Waals surface area contributed by atoms with Crippen LogP contribution in [-0.4, -0.2) is 45.4 Å². The molecule has 1 atom stereocenters. The fraction of sp³-hybridized carbons (Fsp3) is 1.00. The van der Waals surface area contributed by atoms with Crippen LogP contribution in [0.4, 0.5) is 0 Å². The van der Waals surface area contributed by atoms with Crippen molar-refractivity contribution in [1.82, 2.24) is 14.3 Å². The molecule has 0 aromatic carbocycles. The summed E-state index contributed by atoms with van der Waals surface area (Å²) < 4.78 is 27.3. The normalized spacial score (nSPS) is 22.5. The van der Waals surface area contributed by atoms with E-state index in [0.29, 0.717) is 19.1 Å². The molecule has 0 aliphatic carbocycles. The Balaban J connectivity index is 2.34. The van der Waals surface area contributed by atoms with Crippen LogP contribution in [0.25, 0.3) is 0 Å². The maximum atomic E-state index is 11.7. The second-order valence-corrected chi connectivity index (χ2v) is 5.83. The van der Waals surface area contributed by atoms with Crippen LogP contribution in [-0.2, 0) is 10.2 Å². The summed E-state index contributed by atoms with van der Waals surface area (Å²) in [5.41, 5.74) is 0. The van der Waals surface area contributed by atoms with Crippen molar-refractivity contribution in [3.05, 3.63) is 0 Å². The average Bonchev–Trinajstić information content (AvgIpc) is 2.68. The van der Waals surface area contributed by atoms with Gasteiger partial charge in [-0.2, -0.15) is 12.7 Å². The molecule has 0 spiro atoms. The molecule has 0 bridgehead atoms. The average molecular weight is 235 g/mol.